The molecule has 1 atom stereocenters. The van der Waals surface area contributed by atoms with Crippen LogP contribution in [0.25, 0.3) is 0 Å². The minimum Gasteiger partial charge on any atom is -0.389 e. The summed E-state index contributed by atoms with van der Waals surface area (Å²) in [4.78, 5) is 2.04. The van der Waals surface area contributed by atoms with Gasteiger partial charge in [-0.2, -0.15) is 0 Å². The van der Waals surface area contributed by atoms with Crippen molar-refractivity contribution < 1.29 is 12.8 Å². The fraction of sp³-hybridized carbons (Fsp3) is 0.462. The van der Waals surface area contributed by atoms with Gasteiger partial charge in [0.05, 0.1) is 11.5 Å². The molecule has 7 heteroatoms. The van der Waals surface area contributed by atoms with Crippen molar-refractivity contribution in [1.82, 2.24) is 4.90 Å². The fourth-order valence-corrected chi connectivity index (χ4v) is 4.28. The van der Waals surface area contributed by atoms with Crippen molar-refractivity contribution in [2.24, 2.45) is 5.73 Å². The van der Waals surface area contributed by atoms with Crippen LogP contribution in [0.3, 0.4) is 0 Å². The lowest BCUT2D eigenvalue weighted by Crippen LogP contribution is -2.32. The van der Waals surface area contributed by atoms with Crippen molar-refractivity contribution in [2.45, 2.75) is 19.0 Å². The summed E-state index contributed by atoms with van der Waals surface area (Å²) in [6, 6.07) is 4.59. The van der Waals surface area contributed by atoms with Crippen molar-refractivity contribution in [1.29, 1.82) is 0 Å². The highest BCUT2D eigenvalue weighted by molar-refractivity contribution is 7.91. The van der Waals surface area contributed by atoms with E-state index in [0.29, 0.717) is 24.1 Å². The van der Waals surface area contributed by atoms with E-state index in [2.05, 4.69) is 0 Å². The van der Waals surface area contributed by atoms with Crippen LogP contribution in [0.5, 0.6) is 0 Å². The number of nitrogens with two attached hydrogens (primary N) is 1. The number of thiocarbonyl (C=S) groups is 1. The first-order valence-corrected chi connectivity index (χ1v) is 8.50. The summed E-state index contributed by atoms with van der Waals surface area (Å²) >= 11 is 4.80. The van der Waals surface area contributed by atoms with Gasteiger partial charge in [0, 0.05) is 23.7 Å². The Labute approximate surface area is 123 Å². The second-order valence-electron chi connectivity index (χ2n) is 5.14. The largest absolute Gasteiger partial charge is 0.389 e. The Morgan fingerprint density at radius 1 is 1.55 bits per heavy atom. The van der Waals surface area contributed by atoms with Crippen LogP contribution in [0.2, 0.25) is 0 Å². The molecule has 0 saturated carbocycles. The average Bonchev–Trinajstić information content (AvgIpc) is 2.72. The highest BCUT2D eigenvalue weighted by Crippen LogP contribution is 2.20. The Kier molecular flexibility index (Phi) is 4.41. The molecule has 20 heavy (non-hydrogen) atoms. The maximum atomic E-state index is 13.9. The van der Waals surface area contributed by atoms with E-state index in [1.54, 1.807) is 12.1 Å². The molecule has 1 fully saturated rings. The van der Waals surface area contributed by atoms with Crippen molar-refractivity contribution in [3.8, 4) is 0 Å². The first-order valence-electron chi connectivity index (χ1n) is 6.27. The van der Waals surface area contributed by atoms with Crippen LogP contribution < -0.4 is 5.73 Å². The minimum absolute atomic E-state index is 0.0466. The third-order valence-electron chi connectivity index (χ3n) is 3.59. The van der Waals surface area contributed by atoms with Crippen molar-refractivity contribution >= 4 is 27.0 Å². The van der Waals surface area contributed by atoms with Gasteiger partial charge in [-0.3, -0.25) is 4.90 Å². The molecular weight excluding hydrogens is 299 g/mol. The molecule has 1 heterocycles. The standard InChI is InChI=1S/C13H17FN2O2S2/c1-16(11-4-5-20(17,18)8-11)7-10-3-2-9(13(15)19)6-12(10)14/h2-3,6,11H,4-5,7-8H2,1H3,(H2,15,19). The van der Waals surface area contributed by atoms with E-state index in [9.17, 15) is 12.8 Å². The van der Waals surface area contributed by atoms with Crippen LogP contribution in [0.4, 0.5) is 4.39 Å². The third kappa shape index (κ3) is 3.53. The molecule has 0 bridgehead atoms. The highest BCUT2D eigenvalue weighted by atomic mass is 32.2. The Morgan fingerprint density at radius 3 is 2.75 bits per heavy atom. The van der Waals surface area contributed by atoms with Crippen LogP contribution in [0.15, 0.2) is 18.2 Å². The second kappa shape index (κ2) is 5.75. The minimum atomic E-state index is -2.93. The number of benzene rings is 1. The van der Waals surface area contributed by atoms with Crippen molar-refractivity contribution in [3.05, 3.63) is 35.1 Å². The quantitative estimate of drug-likeness (QED) is 0.842. The monoisotopic (exact) mass is 316 g/mol. The number of sulfone groups is 1. The second-order valence-corrected chi connectivity index (χ2v) is 7.81. The van der Waals surface area contributed by atoms with Crippen LogP contribution in [-0.2, 0) is 16.4 Å². The van der Waals surface area contributed by atoms with Gasteiger partial charge in [0.25, 0.3) is 0 Å². The molecule has 0 aliphatic carbocycles. The first-order chi connectivity index (χ1) is 9.28. The predicted molar refractivity (Wildman–Crippen MR) is 80.8 cm³/mol. The lowest BCUT2D eigenvalue weighted by molar-refractivity contribution is 0.250. The number of hydrogen-bond acceptors (Lipinski definition) is 4. The SMILES string of the molecule is CN(Cc1ccc(C(N)=S)cc1F)C1CCS(=O)(=O)C1. The zero-order chi connectivity index (χ0) is 14.9. The molecular formula is C13H17FN2O2S2. The molecule has 110 valence electrons. The van der Waals surface area contributed by atoms with E-state index in [1.807, 2.05) is 11.9 Å². The molecule has 4 nitrogen and oxygen atoms in total. The predicted octanol–water partition coefficient (Wildman–Crippen LogP) is 1.08. The number of hydrogen-bond donors (Lipinski definition) is 1. The van der Waals surface area contributed by atoms with E-state index < -0.39 is 9.84 Å². The topological polar surface area (TPSA) is 63.4 Å². The summed E-state index contributed by atoms with van der Waals surface area (Å²) in [6.07, 6.45) is 0.603. The molecule has 0 radical (unpaired) electrons. The molecule has 0 spiro atoms. The summed E-state index contributed by atoms with van der Waals surface area (Å²) in [6.45, 7) is 0.365. The lowest BCUT2D eigenvalue weighted by atomic mass is 10.1. The smallest absolute Gasteiger partial charge is 0.151 e. The van der Waals surface area contributed by atoms with Crippen LogP contribution in [-0.4, -0.2) is 42.9 Å². The van der Waals surface area contributed by atoms with Crippen LogP contribution in [0.1, 0.15) is 17.5 Å². The van der Waals surface area contributed by atoms with E-state index in [4.69, 9.17) is 18.0 Å². The van der Waals surface area contributed by atoms with E-state index >= 15 is 0 Å². The highest BCUT2D eigenvalue weighted by Gasteiger charge is 2.30. The van der Waals surface area contributed by atoms with Crippen molar-refractivity contribution in [2.75, 3.05) is 18.6 Å². The zero-order valence-corrected chi connectivity index (χ0v) is 12.8. The maximum Gasteiger partial charge on any atom is 0.151 e. The molecule has 2 N–H and O–H groups in total. The molecule has 0 aromatic heterocycles. The number of rotatable bonds is 4. The molecule has 1 saturated heterocycles. The van der Waals surface area contributed by atoms with Gasteiger partial charge in [0.1, 0.15) is 10.8 Å². The molecule has 0 amide bonds. The molecule has 1 aliphatic heterocycles. The maximum absolute atomic E-state index is 13.9. The average molecular weight is 316 g/mol. The zero-order valence-electron chi connectivity index (χ0n) is 11.2. The van der Waals surface area contributed by atoms with Gasteiger partial charge >= 0.3 is 0 Å². The fourth-order valence-electron chi connectivity index (χ4n) is 2.35. The molecule has 1 aromatic carbocycles. The summed E-state index contributed by atoms with van der Waals surface area (Å²) in [5, 5.41) is 0. The van der Waals surface area contributed by atoms with E-state index in [1.165, 1.54) is 6.07 Å². The van der Waals surface area contributed by atoms with Gasteiger partial charge in [-0.25, -0.2) is 12.8 Å². The van der Waals surface area contributed by atoms with Gasteiger partial charge in [-0.1, -0.05) is 24.4 Å². The normalized spacial score (nSPS) is 21.2. The third-order valence-corrected chi connectivity index (χ3v) is 5.58. The molecule has 2 rings (SSSR count). The van der Waals surface area contributed by atoms with Crippen LogP contribution >= 0.6 is 12.2 Å². The van der Waals surface area contributed by atoms with Crippen LogP contribution in [0, 0.1) is 5.82 Å². The Balaban J connectivity index is 2.08. The Hall–Kier alpha value is -1.05. The number of nitrogens with zero attached hydrogens (tertiary/aromatic N) is 1. The summed E-state index contributed by atoms with van der Waals surface area (Å²) in [5.74, 6) is -0.0102. The number of halogens is 1. The van der Waals surface area contributed by atoms with E-state index in [0.717, 1.165) is 0 Å². The van der Waals surface area contributed by atoms with Crippen molar-refractivity contribution in [3.63, 3.8) is 0 Å². The Bertz CT molecular complexity index is 631. The molecule has 1 unspecified atom stereocenters. The Morgan fingerprint density at radius 2 is 2.25 bits per heavy atom. The van der Waals surface area contributed by atoms with Gasteiger partial charge in [-0.05, 0) is 19.5 Å². The van der Waals surface area contributed by atoms with Gasteiger partial charge in [0.2, 0.25) is 0 Å². The van der Waals surface area contributed by atoms with Gasteiger partial charge in [-0.15, -0.1) is 0 Å². The van der Waals surface area contributed by atoms with Gasteiger partial charge in [0.15, 0.2) is 9.84 Å². The molecule has 1 aliphatic rings. The summed E-state index contributed by atoms with van der Waals surface area (Å²) in [5.41, 5.74) is 6.45. The molecule has 1 aromatic rings. The van der Waals surface area contributed by atoms with Gasteiger partial charge < -0.3 is 5.73 Å². The lowest BCUT2D eigenvalue weighted by Gasteiger charge is -2.23. The summed E-state index contributed by atoms with van der Waals surface area (Å²) in [7, 11) is -1.12. The first kappa shape index (κ1) is 15.3. The summed E-state index contributed by atoms with van der Waals surface area (Å²) < 4.78 is 36.9. The van der Waals surface area contributed by atoms with E-state index in [-0.39, 0.29) is 28.4 Å².